The van der Waals surface area contributed by atoms with Gasteiger partial charge in [0.05, 0.1) is 0 Å². The van der Waals surface area contributed by atoms with Crippen molar-refractivity contribution in [3.63, 3.8) is 0 Å². The highest BCUT2D eigenvalue weighted by Gasteiger charge is 2.32. The van der Waals surface area contributed by atoms with Crippen molar-refractivity contribution in [1.82, 2.24) is 4.90 Å². The summed E-state index contributed by atoms with van der Waals surface area (Å²) in [6, 6.07) is 7.01. The number of alkyl halides is 3. The fourth-order valence-corrected chi connectivity index (χ4v) is 1.94. The predicted octanol–water partition coefficient (Wildman–Crippen LogP) is 3.00. The quantitative estimate of drug-likeness (QED) is 0.818. The summed E-state index contributed by atoms with van der Waals surface area (Å²) in [4.78, 5) is 12.7. The average Bonchev–Trinajstić information content (AvgIpc) is 2.34. The third-order valence-corrected chi connectivity index (χ3v) is 2.79. The molecular weight excluding hydrogens is 269 g/mol. The minimum absolute atomic E-state index is 0.0551. The number of nitrogen functional groups attached to an aromatic ring is 1. The van der Waals surface area contributed by atoms with Gasteiger partial charge in [-0.2, -0.15) is 13.2 Å². The Balaban J connectivity index is 2.58. The zero-order valence-corrected chi connectivity index (χ0v) is 11.4. The number of benzene rings is 1. The second-order valence-corrected chi connectivity index (χ2v) is 4.68. The average molecular weight is 288 g/mol. The summed E-state index contributed by atoms with van der Waals surface area (Å²) in [7, 11) is 0. The molecule has 2 N–H and O–H groups in total. The molecule has 0 radical (unpaired) electrons. The third-order valence-electron chi connectivity index (χ3n) is 2.79. The first-order valence-corrected chi connectivity index (χ1v) is 6.50. The molecule has 0 spiro atoms. The van der Waals surface area contributed by atoms with Gasteiger partial charge < -0.3 is 10.6 Å². The van der Waals surface area contributed by atoms with E-state index in [2.05, 4.69) is 0 Å². The molecule has 0 saturated carbocycles. The van der Waals surface area contributed by atoms with E-state index in [1.54, 1.807) is 31.2 Å². The van der Waals surface area contributed by atoms with Gasteiger partial charge in [0, 0.05) is 18.7 Å². The van der Waals surface area contributed by atoms with E-state index >= 15 is 0 Å². The van der Waals surface area contributed by atoms with Crippen LogP contribution in [0, 0.1) is 0 Å². The van der Waals surface area contributed by atoms with Gasteiger partial charge in [0.1, 0.15) is 6.54 Å². The van der Waals surface area contributed by atoms with E-state index in [9.17, 15) is 18.0 Å². The molecule has 0 aliphatic carbocycles. The van der Waals surface area contributed by atoms with Crippen LogP contribution in [0.15, 0.2) is 24.3 Å². The highest BCUT2D eigenvalue weighted by atomic mass is 19.4. The lowest BCUT2D eigenvalue weighted by molar-refractivity contribution is -0.161. The molecule has 1 aromatic rings. The number of nitrogens with two attached hydrogens (primary N) is 1. The fourth-order valence-electron chi connectivity index (χ4n) is 1.94. The molecule has 0 aromatic heterocycles. The van der Waals surface area contributed by atoms with Gasteiger partial charge in [-0.1, -0.05) is 19.1 Å². The van der Waals surface area contributed by atoms with Crippen LogP contribution in [0.1, 0.15) is 25.3 Å². The summed E-state index contributed by atoms with van der Waals surface area (Å²) in [5.74, 6) is -0.480. The van der Waals surface area contributed by atoms with Crippen molar-refractivity contribution in [2.75, 3.05) is 18.8 Å². The minimum Gasteiger partial charge on any atom is -0.399 e. The first kappa shape index (κ1) is 16.3. The monoisotopic (exact) mass is 288 g/mol. The van der Waals surface area contributed by atoms with Gasteiger partial charge in [0.25, 0.3) is 0 Å². The van der Waals surface area contributed by atoms with E-state index in [4.69, 9.17) is 5.73 Å². The topological polar surface area (TPSA) is 46.3 Å². The summed E-state index contributed by atoms with van der Waals surface area (Å²) in [5, 5.41) is 0. The molecule has 0 aliphatic rings. The van der Waals surface area contributed by atoms with E-state index in [-0.39, 0.29) is 13.0 Å². The third kappa shape index (κ3) is 5.95. The SMILES string of the molecule is CCCN(CC(F)(F)F)C(=O)CCc1cccc(N)c1. The molecule has 0 fully saturated rings. The van der Waals surface area contributed by atoms with Crippen LogP contribution in [0.3, 0.4) is 0 Å². The van der Waals surface area contributed by atoms with Gasteiger partial charge in [0.2, 0.25) is 5.91 Å². The van der Waals surface area contributed by atoms with Crippen molar-refractivity contribution in [2.24, 2.45) is 0 Å². The second-order valence-electron chi connectivity index (χ2n) is 4.68. The van der Waals surface area contributed by atoms with Gasteiger partial charge >= 0.3 is 6.18 Å². The number of aryl methyl sites for hydroxylation is 1. The molecule has 1 amide bonds. The molecule has 6 heteroatoms. The first-order chi connectivity index (χ1) is 9.31. The Bertz CT molecular complexity index is 446. The normalized spacial score (nSPS) is 11.4. The van der Waals surface area contributed by atoms with Crippen LogP contribution in [0.4, 0.5) is 18.9 Å². The molecule has 0 atom stereocenters. The highest BCUT2D eigenvalue weighted by Crippen LogP contribution is 2.18. The number of hydrogen-bond acceptors (Lipinski definition) is 2. The highest BCUT2D eigenvalue weighted by molar-refractivity contribution is 5.76. The summed E-state index contributed by atoms with van der Waals surface area (Å²) in [5.41, 5.74) is 7.04. The van der Waals surface area contributed by atoms with E-state index in [1.807, 2.05) is 0 Å². The Hall–Kier alpha value is -1.72. The lowest BCUT2D eigenvalue weighted by atomic mass is 10.1. The molecule has 0 heterocycles. The van der Waals surface area contributed by atoms with E-state index < -0.39 is 18.6 Å². The van der Waals surface area contributed by atoms with Gasteiger partial charge in [-0.3, -0.25) is 4.79 Å². The van der Waals surface area contributed by atoms with E-state index in [1.165, 1.54) is 0 Å². The zero-order valence-electron chi connectivity index (χ0n) is 11.4. The van der Waals surface area contributed by atoms with Crippen molar-refractivity contribution in [1.29, 1.82) is 0 Å². The Labute approximate surface area is 116 Å². The van der Waals surface area contributed by atoms with Crippen LogP contribution in [0.5, 0.6) is 0 Å². The van der Waals surface area contributed by atoms with Crippen LogP contribution in [-0.4, -0.2) is 30.1 Å². The van der Waals surface area contributed by atoms with Gasteiger partial charge in [-0.15, -0.1) is 0 Å². The Morgan fingerprint density at radius 3 is 2.60 bits per heavy atom. The molecule has 1 rings (SSSR count). The number of amides is 1. The molecule has 0 saturated heterocycles. The summed E-state index contributed by atoms with van der Waals surface area (Å²) >= 11 is 0. The van der Waals surface area contributed by atoms with Crippen LogP contribution >= 0.6 is 0 Å². The smallest absolute Gasteiger partial charge is 0.399 e. The number of hydrogen-bond donors (Lipinski definition) is 1. The number of nitrogens with zero attached hydrogens (tertiary/aromatic N) is 1. The first-order valence-electron chi connectivity index (χ1n) is 6.50. The van der Waals surface area contributed by atoms with Gasteiger partial charge in [0.15, 0.2) is 0 Å². The van der Waals surface area contributed by atoms with Crippen molar-refractivity contribution < 1.29 is 18.0 Å². The summed E-state index contributed by atoms with van der Waals surface area (Å²) < 4.78 is 37.2. The number of anilines is 1. The molecule has 0 bridgehead atoms. The van der Waals surface area contributed by atoms with Crippen LogP contribution in [-0.2, 0) is 11.2 Å². The maximum absolute atomic E-state index is 12.4. The Morgan fingerprint density at radius 1 is 1.35 bits per heavy atom. The number of rotatable bonds is 6. The number of carbonyl (C=O) groups is 1. The van der Waals surface area contributed by atoms with Crippen LogP contribution in [0.25, 0.3) is 0 Å². The number of carbonyl (C=O) groups excluding carboxylic acids is 1. The predicted molar refractivity (Wildman–Crippen MR) is 72.1 cm³/mol. The van der Waals surface area contributed by atoms with E-state index in [0.717, 1.165) is 10.5 Å². The van der Waals surface area contributed by atoms with Crippen molar-refractivity contribution in [2.45, 2.75) is 32.4 Å². The lowest BCUT2D eigenvalue weighted by Crippen LogP contribution is -2.39. The minimum atomic E-state index is -4.36. The molecule has 0 unspecified atom stereocenters. The van der Waals surface area contributed by atoms with E-state index in [0.29, 0.717) is 18.5 Å². The fraction of sp³-hybridized carbons (Fsp3) is 0.500. The number of halogens is 3. The maximum Gasteiger partial charge on any atom is 0.406 e. The van der Waals surface area contributed by atoms with Crippen LogP contribution < -0.4 is 5.73 Å². The molecule has 112 valence electrons. The molecular formula is C14H19F3N2O. The van der Waals surface area contributed by atoms with Crippen molar-refractivity contribution in [3.8, 4) is 0 Å². The van der Waals surface area contributed by atoms with Gasteiger partial charge in [-0.05, 0) is 30.5 Å². The molecule has 1 aromatic carbocycles. The Morgan fingerprint density at radius 2 is 2.05 bits per heavy atom. The standard InChI is InChI=1S/C14H19F3N2O/c1-2-8-19(10-14(15,16)17)13(20)7-6-11-4-3-5-12(18)9-11/h3-5,9H,2,6-8,10,18H2,1H3. The largest absolute Gasteiger partial charge is 0.406 e. The molecule has 20 heavy (non-hydrogen) atoms. The lowest BCUT2D eigenvalue weighted by Gasteiger charge is -2.23. The van der Waals surface area contributed by atoms with Crippen molar-refractivity contribution in [3.05, 3.63) is 29.8 Å². The van der Waals surface area contributed by atoms with Crippen molar-refractivity contribution >= 4 is 11.6 Å². The Kier molecular flexibility index (Phi) is 5.85. The zero-order chi connectivity index (χ0) is 15.2. The second kappa shape index (κ2) is 7.17. The van der Waals surface area contributed by atoms with Crippen LogP contribution in [0.2, 0.25) is 0 Å². The van der Waals surface area contributed by atoms with Gasteiger partial charge in [-0.25, -0.2) is 0 Å². The summed E-state index contributed by atoms with van der Waals surface area (Å²) in [6.07, 6.45) is -3.41. The maximum atomic E-state index is 12.4. The molecule has 0 aliphatic heterocycles. The molecule has 3 nitrogen and oxygen atoms in total. The summed E-state index contributed by atoms with van der Waals surface area (Å²) in [6.45, 7) is 0.681.